The highest BCUT2D eigenvalue weighted by Gasteiger charge is 2.31. The van der Waals surface area contributed by atoms with Crippen molar-refractivity contribution in [1.29, 1.82) is 0 Å². The molecule has 5 rings (SSSR count). The molecule has 4 nitrogen and oxygen atoms in total. The number of hydrogen-bond acceptors (Lipinski definition) is 4. The first kappa shape index (κ1) is 18.3. The van der Waals surface area contributed by atoms with Crippen LogP contribution in [-0.4, -0.2) is 42.1 Å². The summed E-state index contributed by atoms with van der Waals surface area (Å²) in [5, 5.41) is 3.82. The zero-order valence-corrected chi connectivity index (χ0v) is 18.0. The van der Waals surface area contributed by atoms with E-state index in [0.717, 1.165) is 50.5 Å². The average molecular weight is 431 g/mol. The molecule has 144 valence electrons. The molecule has 0 saturated heterocycles. The Morgan fingerprint density at radius 2 is 1.96 bits per heavy atom. The molecular weight excluding hydrogens is 411 g/mol. The van der Waals surface area contributed by atoms with Crippen molar-refractivity contribution in [3.05, 3.63) is 57.7 Å². The quantitative estimate of drug-likeness (QED) is 0.449. The Balaban J connectivity index is 1.59. The van der Waals surface area contributed by atoms with E-state index < -0.39 is 0 Å². The van der Waals surface area contributed by atoms with Crippen LogP contribution in [0.1, 0.15) is 17.2 Å². The van der Waals surface area contributed by atoms with Crippen molar-refractivity contribution in [2.75, 3.05) is 32.1 Å². The van der Waals surface area contributed by atoms with E-state index in [2.05, 4.69) is 41.0 Å². The van der Waals surface area contributed by atoms with Crippen LogP contribution in [-0.2, 0) is 6.54 Å². The molecule has 0 bridgehead atoms. The lowest BCUT2D eigenvalue weighted by atomic mass is 9.91. The minimum absolute atomic E-state index is 0.376. The number of benzene rings is 2. The Labute approximate surface area is 177 Å². The van der Waals surface area contributed by atoms with Gasteiger partial charge in [-0.05, 0) is 56.1 Å². The van der Waals surface area contributed by atoms with Crippen LogP contribution in [0, 0.1) is 0 Å². The number of aromatic nitrogens is 2. The molecule has 1 unspecified atom stereocenters. The lowest BCUT2D eigenvalue weighted by Crippen LogP contribution is -2.37. The Bertz CT molecular complexity index is 1180. The van der Waals surface area contributed by atoms with Gasteiger partial charge in [-0.2, -0.15) is 0 Å². The van der Waals surface area contributed by atoms with Crippen LogP contribution < -0.4 is 4.90 Å². The summed E-state index contributed by atoms with van der Waals surface area (Å²) in [5.74, 6) is 0.376. The van der Waals surface area contributed by atoms with Gasteiger partial charge in [-0.3, -0.25) is 0 Å². The zero-order chi connectivity index (χ0) is 19.4. The Morgan fingerprint density at radius 3 is 2.79 bits per heavy atom. The topological polar surface area (TPSA) is 35.2 Å². The van der Waals surface area contributed by atoms with Crippen molar-refractivity contribution in [1.82, 2.24) is 14.9 Å². The number of hydrogen-bond donors (Lipinski definition) is 1. The van der Waals surface area contributed by atoms with E-state index in [1.807, 2.05) is 24.3 Å². The van der Waals surface area contributed by atoms with Gasteiger partial charge in [0.15, 0.2) is 5.13 Å². The van der Waals surface area contributed by atoms with Gasteiger partial charge in [-0.25, -0.2) is 4.98 Å². The van der Waals surface area contributed by atoms with Gasteiger partial charge in [-0.1, -0.05) is 34.5 Å². The molecular formula is C21H20Cl2N4S. The maximum atomic E-state index is 6.30. The van der Waals surface area contributed by atoms with Crippen molar-refractivity contribution in [2.24, 2.45) is 0 Å². The van der Waals surface area contributed by atoms with Crippen LogP contribution in [0.3, 0.4) is 0 Å². The van der Waals surface area contributed by atoms with Crippen molar-refractivity contribution < 1.29 is 0 Å². The second-order valence-corrected chi connectivity index (χ2v) is 9.54. The maximum absolute atomic E-state index is 6.30. The summed E-state index contributed by atoms with van der Waals surface area (Å²) >= 11 is 14.2. The fourth-order valence-electron chi connectivity index (χ4n) is 4.20. The monoisotopic (exact) mass is 430 g/mol. The molecule has 0 radical (unpaired) electrons. The van der Waals surface area contributed by atoms with Crippen LogP contribution in [0.4, 0.5) is 5.13 Å². The van der Waals surface area contributed by atoms with Gasteiger partial charge >= 0.3 is 0 Å². The van der Waals surface area contributed by atoms with Crippen molar-refractivity contribution in [3.8, 4) is 0 Å². The predicted octanol–water partition coefficient (Wildman–Crippen LogP) is 5.75. The predicted molar refractivity (Wildman–Crippen MR) is 120 cm³/mol. The van der Waals surface area contributed by atoms with Gasteiger partial charge in [0.25, 0.3) is 0 Å². The van der Waals surface area contributed by atoms with Crippen LogP contribution >= 0.6 is 34.5 Å². The number of H-pyrrole nitrogens is 1. The molecule has 28 heavy (non-hydrogen) atoms. The molecule has 1 aliphatic heterocycles. The minimum Gasteiger partial charge on any atom is -0.357 e. The van der Waals surface area contributed by atoms with Crippen molar-refractivity contribution >= 4 is 60.8 Å². The number of nitrogens with one attached hydrogen (secondary N) is 1. The highest BCUT2D eigenvalue weighted by molar-refractivity contribution is 7.22. The van der Waals surface area contributed by atoms with Gasteiger partial charge in [-0.15, -0.1) is 0 Å². The number of thiazole rings is 1. The summed E-state index contributed by atoms with van der Waals surface area (Å²) in [6.45, 7) is 2.72. The largest absolute Gasteiger partial charge is 0.357 e. The highest BCUT2D eigenvalue weighted by atomic mass is 35.5. The third kappa shape index (κ3) is 3.16. The molecule has 2 aromatic carbocycles. The summed E-state index contributed by atoms with van der Waals surface area (Å²) in [6.07, 6.45) is 0. The zero-order valence-electron chi connectivity index (χ0n) is 15.7. The second-order valence-electron chi connectivity index (χ2n) is 7.66. The first-order valence-electron chi connectivity index (χ1n) is 9.23. The summed E-state index contributed by atoms with van der Waals surface area (Å²) in [6, 6.07) is 12.0. The summed E-state index contributed by atoms with van der Waals surface area (Å²) < 4.78 is 1.13. The number of fused-ring (bicyclic) bond motifs is 4. The van der Waals surface area contributed by atoms with Gasteiger partial charge < -0.3 is 14.8 Å². The molecule has 0 amide bonds. The number of anilines is 1. The molecule has 0 saturated carbocycles. The fraction of sp³-hybridized carbons (Fsp3) is 0.286. The van der Waals surface area contributed by atoms with Gasteiger partial charge in [0.05, 0.1) is 16.8 Å². The number of likely N-dealkylation sites (N-methyl/N-ethyl adjacent to an activating group) is 1. The molecule has 0 aliphatic carbocycles. The number of halogens is 2. The van der Waals surface area contributed by atoms with E-state index in [1.54, 1.807) is 11.3 Å². The van der Waals surface area contributed by atoms with Crippen molar-refractivity contribution in [3.63, 3.8) is 0 Å². The fourth-order valence-corrected chi connectivity index (χ4v) is 5.62. The lowest BCUT2D eigenvalue weighted by molar-refractivity contribution is 0.366. The maximum Gasteiger partial charge on any atom is 0.186 e. The van der Waals surface area contributed by atoms with E-state index in [9.17, 15) is 0 Å². The van der Waals surface area contributed by atoms with E-state index in [1.165, 1.54) is 16.6 Å². The SMILES string of the molecule is CN(C)CC1CN(c2nc3ccc(Cl)cc3s2)Cc2[nH]c3ccc(Cl)cc3c21. The molecule has 1 aliphatic rings. The van der Waals surface area contributed by atoms with Gasteiger partial charge in [0.2, 0.25) is 0 Å². The number of nitrogens with zero attached hydrogens (tertiary/aromatic N) is 3. The molecule has 3 heterocycles. The molecule has 0 fully saturated rings. The molecule has 4 aromatic rings. The summed E-state index contributed by atoms with van der Waals surface area (Å²) in [7, 11) is 4.25. The first-order valence-corrected chi connectivity index (χ1v) is 10.8. The van der Waals surface area contributed by atoms with E-state index in [0.29, 0.717) is 5.92 Å². The second kappa shape index (κ2) is 6.92. The van der Waals surface area contributed by atoms with E-state index in [4.69, 9.17) is 28.2 Å². The Hall–Kier alpha value is -1.79. The molecule has 1 atom stereocenters. The summed E-state index contributed by atoms with van der Waals surface area (Å²) in [5.41, 5.74) is 4.80. The molecule has 7 heteroatoms. The van der Waals surface area contributed by atoms with E-state index >= 15 is 0 Å². The highest BCUT2D eigenvalue weighted by Crippen LogP contribution is 2.40. The third-order valence-electron chi connectivity index (χ3n) is 5.28. The Kier molecular flexibility index (Phi) is 4.51. The summed E-state index contributed by atoms with van der Waals surface area (Å²) in [4.78, 5) is 13.1. The van der Waals surface area contributed by atoms with Crippen LogP contribution in [0.25, 0.3) is 21.1 Å². The molecule has 0 spiro atoms. The van der Waals surface area contributed by atoms with E-state index in [-0.39, 0.29) is 0 Å². The average Bonchev–Trinajstić information content (AvgIpc) is 3.21. The van der Waals surface area contributed by atoms with Crippen LogP contribution in [0.15, 0.2) is 36.4 Å². The number of aromatic amines is 1. The first-order chi connectivity index (χ1) is 13.5. The molecule has 2 aromatic heterocycles. The van der Waals surface area contributed by atoms with Gasteiger partial charge in [0, 0.05) is 45.6 Å². The lowest BCUT2D eigenvalue weighted by Gasteiger charge is -2.34. The number of rotatable bonds is 3. The standard InChI is InChI=1S/C21H20Cl2N4S/c1-26(2)9-12-10-27(21-25-17-6-4-14(23)8-19(17)28-21)11-18-20(12)15-7-13(22)3-5-16(15)24-18/h3-8,12,24H,9-11H2,1-2H3. The smallest absolute Gasteiger partial charge is 0.186 e. The molecule has 1 N–H and O–H groups in total. The van der Waals surface area contributed by atoms with Crippen molar-refractivity contribution in [2.45, 2.75) is 12.5 Å². The van der Waals surface area contributed by atoms with Crippen LogP contribution in [0.2, 0.25) is 10.0 Å². The Morgan fingerprint density at radius 1 is 1.18 bits per heavy atom. The third-order valence-corrected chi connectivity index (χ3v) is 6.82. The normalized spacial score (nSPS) is 17.0. The minimum atomic E-state index is 0.376. The van der Waals surface area contributed by atoms with Crippen LogP contribution in [0.5, 0.6) is 0 Å². The van der Waals surface area contributed by atoms with Gasteiger partial charge in [0.1, 0.15) is 0 Å².